The van der Waals surface area contributed by atoms with Crippen molar-refractivity contribution < 1.29 is 13.9 Å². The number of hydrogen-bond donors (Lipinski definition) is 1. The van der Waals surface area contributed by atoms with Gasteiger partial charge in [0.15, 0.2) is 0 Å². The Hall–Kier alpha value is -4.07. The zero-order valence-electron chi connectivity index (χ0n) is 15.2. The van der Waals surface area contributed by atoms with E-state index in [1.807, 2.05) is 30.3 Å². The zero-order valence-corrected chi connectivity index (χ0v) is 15.2. The molecule has 1 heterocycles. The molecule has 0 aliphatic heterocycles. The second-order valence-electron chi connectivity index (χ2n) is 6.14. The number of anilines is 1. The van der Waals surface area contributed by atoms with Crippen LogP contribution in [0.5, 0.6) is 11.5 Å². The van der Waals surface area contributed by atoms with Crippen molar-refractivity contribution in [3.63, 3.8) is 0 Å². The van der Waals surface area contributed by atoms with Gasteiger partial charge in [-0.3, -0.25) is 4.79 Å². The molecule has 0 saturated heterocycles. The highest BCUT2D eigenvalue weighted by Crippen LogP contribution is 2.23. The highest BCUT2D eigenvalue weighted by molar-refractivity contribution is 5.90. The van der Waals surface area contributed by atoms with Gasteiger partial charge in [0, 0.05) is 17.3 Å². The van der Waals surface area contributed by atoms with Crippen LogP contribution in [0.3, 0.4) is 0 Å². The summed E-state index contributed by atoms with van der Waals surface area (Å²) in [4.78, 5) is 13.5. The van der Waals surface area contributed by atoms with Gasteiger partial charge in [0.1, 0.15) is 23.9 Å². The SMILES string of the molecule is O=C(Cn1nnc(-c2ccc(F)cc2)n1)Nc1cccc(Oc2ccccc2)c1. The van der Waals surface area contributed by atoms with Gasteiger partial charge in [-0.2, -0.15) is 4.80 Å². The van der Waals surface area contributed by atoms with Crippen LogP contribution in [0.2, 0.25) is 0 Å². The number of benzene rings is 3. The normalized spacial score (nSPS) is 10.5. The Morgan fingerprint density at radius 3 is 2.52 bits per heavy atom. The molecule has 0 saturated carbocycles. The minimum Gasteiger partial charge on any atom is -0.457 e. The number of ether oxygens (including phenoxy) is 1. The van der Waals surface area contributed by atoms with E-state index >= 15 is 0 Å². The second kappa shape index (κ2) is 8.30. The lowest BCUT2D eigenvalue weighted by Gasteiger charge is -2.08. The number of carbonyl (C=O) groups excluding carboxylic acids is 1. The largest absolute Gasteiger partial charge is 0.457 e. The highest BCUT2D eigenvalue weighted by atomic mass is 19.1. The average molecular weight is 389 g/mol. The number of carbonyl (C=O) groups is 1. The summed E-state index contributed by atoms with van der Waals surface area (Å²) >= 11 is 0. The van der Waals surface area contributed by atoms with Crippen LogP contribution < -0.4 is 10.1 Å². The Labute approximate surface area is 165 Å². The van der Waals surface area contributed by atoms with E-state index in [4.69, 9.17) is 4.74 Å². The van der Waals surface area contributed by atoms with Crippen LogP contribution in [0, 0.1) is 5.82 Å². The van der Waals surface area contributed by atoms with E-state index in [0.29, 0.717) is 28.6 Å². The number of nitrogens with zero attached hydrogens (tertiary/aromatic N) is 4. The quantitative estimate of drug-likeness (QED) is 0.541. The molecule has 0 spiro atoms. The molecule has 8 heteroatoms. The van der Waals surface area contributed by atoms with Gasteiger partial charge in [-0.1, -0.05) is 24.3 Å². The number of hydrogen-bond acceptors (Lipinski definition) is 5. The minimum atomic E-state index is -0.348. The molecule has 0 atom stereocenters. The molecule has 7 nitrogen and oxygen atoms in total. The maximum absolute atomic E-state index is 13.0. The first-order chi connectivity index (χ1) is 14.2. The Kier molecular flexibility index (Phi) is 5.24. The molecule has 1 N–H and O–H groups in total. The fraction of sp³-hybridized carbons (Fsp3) is 0.0476. The van der Waals surface area contributed by atoms with E-state index in [1.165, 1.54) is 16.9 Å². The van der Waals surface area contributed by atoms with E-state index in [-0.39, 0.29) is 18.3 Å². The van der Waals surface area contributed by atoms with Crippen LogP contribution in [0.25, 0.3) is 11.4 Å². The van der Waals surface area contributed by atoms with Gasteiger partial charge in [-0.15, -0.1) is 10.2 Å². The average Bonchev–Trinajstić information content (AvgIpc) is 3.18. The van der Waals surface area contributed by atoms with Crippen molar-refractivity contribution in [2.45, 2.75) is 6.54 Å². The molecular weight excluding hydrogens is 373 g/mol. The van der Waals surface area contributed by atoms with E-state index < -0.39 is 0 Å². The van der Waals surface area contributed by atoms with Gasteiger partial charge in [0.05, 0.1) is 0 Å². The van der Waals surface area contributed by atoms with Gasteiger partial charge in [-0.05, 0) is 53.7 Å². The lowest BCUT2D eigenvalue weighted by molar-refractivity contribution is -0.117. The van der Waals surface area contributed by atoms with Crippen LogP contribution in [0.15, 0.2) is 78.9 Å². The summed E-state index contributed by atoms with van der Waals surface area (Å²) in [6.07, 6.45) is 0. The topological polar surface area (TPSA) is 81.9 Å². The predicted molar refractivity (Wildman–Crippen MR) is 105 cm³/mol. The van der Waals surface area contributed by atoms with Gasteiger partial charge in [0.25, 0.3) is 0 Å². The van der Waals surface area contributed by atoms with Crippen molar-refractivity contribution in [1.29, 1.82) is 0 Å². The summed E-state index contributed by atoms with van der Waals surface area (Å²) in [6, 6.07) is 22.2. The molecule has 4 aromatic rings. The number of halogens is 1. The first kappa shape index (κ1) is 18.3. The molecule has 0 aliphatic carbocycles. The maximum atomic E-state index is 13.0. The van der Waals surface area contributed by atoms with Gasteiger partial charge >= 0.3 is 0 Å². The fourth-order valence-corrected chi connectivity index (χ4v) is 2.62. The third-order valence-corrected chi connectivity index (χ3v) is 3.94. The molecule has 29 heavy (non-hydrogen) atoms. The maximum Gasteiger partial charge on any atom is 0.248 e. The van der Waals surface area contributed by atoms with Crippen LogP contribution in [-0.4, -0.2) is 26.1 Å². The summed E-state index contributed by atoms with van der Waals surface area (Å²) in [5.41, 5.74) is 1.20. The van der Waals surface area contributed by atoms with E-state index in [2.05, 4.69) is 20.7 Å². The summed E-state index contributed by atoms with van der Waals surface area (Å²) < 4.78 is 18.8. The van der Waals surface area contributed by atoms with E-state index in [9.17, 15) is 9.18 Å². The summed E-state index contributed by atoms with van der Waals surface area (Å²) in [5.74, 6) is 0.961. The van der Waals surface area contributed by atoms with Gasteiger partial charge in [-0.25, -0.2) is 4.39 Å². The Morgan fingerprint density at radius 2 is 1.72 bits per heavy atom. The molecule has 0 bridgehead atoms. The van der Waals surface area contributed by atoms with Crippen molar-refractivity contribution in [2.75, 3.05) is 5.32 Å². The van der Waals surface area contributed by atoms with Crippen LogP contribution in [0.4, 0.5) is 10.1 Å². The number of nitrogens with one attached hydrogen (secondary N) is 1. The third kappa shape index (κ3) is 4.81. The van der Waals surface area contributed by atoms with Crippen molar-refractivity contribution in [3.8, 4) is 22.9 Å². The number of amides is 1. The van der Waals surface area contributed by atoms with E-state index in [0.717, 1.165) is 0 Å². The van der Waals surface area contributed by atoms with Crippen LogP contribution >= 0.6 is 0 Å². The van der Waals surface area contributed by atoms with Crippen LogP contribution in [0.1, 0.15) is 0 Å². The molecule has 0 aliphatic rings. The van der Waals surface area contributed by atoms with Crippen molar-refractivity contribution in [1.82, 2.24) is 20.2 Å². The van der Waals surface area contributed by atoms with Crippen molar-refractivity contribution in [2.24, 2.45) is 0 Å². The standard InChI is InChI=1S/C21H16FN5O2/c22-16-11-9-15(10-12-16)21-24-26-27(25-21)14-20(28)23-17-5-4-8-19(13-17)29-18-6-2-1-3-7-18/h1-13H,14H2,(H,23,28). The Balaban J connectivity index is 1.39. The third-order valence-electron chi connectivity index (χ3n) is 3.94. The smallest absolute Gasteiger partial charge is 0.248 e. The molecule has 4 rings (SSSR count). The molecule has 0 radical (unpaired) electrons. The van der Waals surface area contributed by atoms with Crippen LogP contribution in [-0.2, 0) is 11.3 Å². The van der Waals surface area contributed by atoms with Crippen molar-refractivity contribution in [3.05, 3.63) is 84.7 Å². The molecular formula is C21H16FN5O2. The molecule has 1 aromatic heterocycles. The number of para-hydroxylation sites is 1. The van der Waals surface area contributed by atoms with E-state index in [1.54, 1.807) is 36.4 Å². The molecule has 0 fully saturated rings. The Morgan fingerprint density at radius 1 is 0.966 bits per heavy atom. The second-order valence-corrected chi connectivity index (χ2v) is 6.14. The zero-order chi connectivity index (χ0) is 20.1. The molecule has 1 amide bonds. The lowest BCUT2D eigenvalue weighted by Crippen LogP contribution is -2.20. The monoisotopic (exact) mass is 389 g/mol. The first-order valence-electron chi connectivity index (χ1n) is 8.82. The number of rotatable bonds is 6. The lowest BCUT2D eigenvalue weighted by atomic mass is 10.2. The summed E-state index contributed by atoms with van der Waals surface area (Å²) in [5, 5.41) is 14.7. The highest BCUT2D eigenvalue weighted by Gasteiger charge is 2.10. The minimum absolute atomic E-state index is 0.113. The van der Waals surface area contributed by atoms with Gasteiger partial charge in [0.2, 0.25) is 11.7 Å². The predicted octanol–water partition coefficient (Wildman–Crippen LogP) is 3.91. The summed E-state index contributed by atoms with van der Waals surface area (Å²) in [7, 11) is 0. The molecule has 0 unspecified atom stereocenters. The fourth-order valence-electron chi connectivity index (χ4n) is 2.62. The number of tetrazole rings is 1. The Bertz CT molecular complexity index is 1110. The van der Waals surface area contributed by atoms with Crippen molar-refractivity contribution >= 4 is 11.6 Å². The molecule has 3 aromatic carbocycles. The first-order valence-corrected chi connectivity index (χ1v) is 8.82. The van der Waals surface area contributed by atoms with Gasteiger partial charge < -0.3 is 10.1 Å². The summed E-state index contributed by atoms with van der Waals surface area (Å²) in [6.45, 7) is -0.113. The molecule has 144 valence electrons. The number of aromatic nitrogens is 4.